The molecule has 1 saturated heterocycles. The van der Waals surface area contributed by atoms with Crippen molar-refractivity contribution in [1.29, 1.82) is 0 Å². The van der Waals surface area contributed by atoms with Gasteiger partial charge in [-0.05, 0) is 43.2 Å². The average molecular weight is 388 g/mol. The molecule has 1 aromatic carbocycles. The maximum atomic E-state index is 12.9. The third-order valence-corrected chi connectivity index (χ3v) is 5.30. The predicted octanol–water partition coefficient (Wildman–Crippen LogP) is 3.41. The van der Waals surface area contributed by atoms with Gasteiger partial charge in [0.2, 0.25) is 5.91 Å². The van der Waals surface area contributed by atoms with Crippen LogP contribution in [0.3, 0.4) is 0 Å². The Hall–Kier alpha value is -3.28. The number of pyridine rings is 1. The minimum absolute atomic E-state index is 0.130. The van der Waals surface area contributed by atoms with Crippen molar-refractivity contribution in [3.8, 4) is 17.0 Å². The Balaban J connectivity index is 1.51. The highest BCUT2D eigenvalue weighted by molar-refractivity contribution is 5.79. The normalized spacial score (nSPS) is 16.1. The Morgan fingerprint density at radius 1 is 1.21 bits per heavy atom. The number of methoxy groups -OCH3 is 1. The van der Waals surface area contributed by atoms with E-state index < -0.39 is 0 Å². The van der Waals surface area contributed by atoms with Gasteiger partial charge in [0.15, 0.2) is 0 Å². The molecule has 6 heteroatoms. The fourth-order valence-corrected chi connectivity index (χ4v) is 3.80. The van der Waals surface area contributed by atoms with E-state index >= 15 is 0 Å². The van der Waals surface area contributed by atoms with E-state index in [-0.39, 0.29) is 11.8 Å². The molecule has 0 bridgehead atoms. The largest absolute Gasteiger partial charge is 0.497 e. The lowest BCUT2D eigenvalue weighted by Crippen LogP contribution is -2.30. The number of aromatic nitrogens is 3. The van der Waals surface area contributed by atoms with E-state index in [4.69, 9.17) is 9.72 Å². The zero-order valence-corrected chi connectivity index (χ0v) is 16.7. The van der Waals surface area contributed by atoms with Crippen molar-refractivity contribution >= 4 is 5.91 Å². The van der Waals surface area contributed by atoms with Crippen molar-refractivity contribution in [2.75, 3.05) is 20.2 Å². The van der Waals surface area contributed by atoms with E-state index in [1.54, 1.807) is 13.3 Å². The summed E-state index contributed by atoms with van der Waals surface area (Å²) in [6.07, 6.45) is 4.89. The fraction of sp³-hybridized carbons (Fsp3) is 0.304. The van der Waals surface area contributed by atoms with Crippen LogP contribution in [-0.2, 0) is 11.2 Å². The highest BCUT2D eigenvalue weighted by Gasteiger charge is 2.30. The molecular formula is C23H24N4O2. The Kier molecular flexibility index (Phi) is 5.51. The van der Waals surface area contributed by atoms with Gasteiger partial charge in [0.05, 0.1) is 24.9 Å². The highest BCUT2D eigenvalue weighted by Crippen LogP contribution is 2.32. The lowest BCUT2D eigenvalue weighted by atomic mass is 9.98. The zero-order chi connectivity index (χ0) is 20.2. The molecule has 0 radical (unpaired) electrons. The molecule has 4 rings (SSSR count). The third kappa shape index (κ3) is 4.26. The number of rotatable bonds is 5. The fourth-order valence-electron chi connectivity index (χ4n) is 3.80. The Labute approximate surface area is 170 Å². The molecule has 0 N–H and O–H groups in total. The minimum Gasteiger partial charge on any atom is -0.497 e. The van der Waals surface area contributed by atoms with Crippen molar-refractivity contribution in [3.05, 3.63) is 71.9 Å². The van der Waals surface area contributed by atoms with Gasteiger partial charge in [-0.25, -0.2) is 9.97 Å². The molecule has 3 aromatic rings. The molecule has 0 saturated carbocycles. The van der Waals surface area contributed by atoms with Crippen LogP contribution in [0.2, 0.25) is 0 Å². The molecule has 6 nitrogen and oxygen atoms in total. The van der Waals surface area contributed by atoms with Crippen LogP contribution in [0.5, 0.6) is 5.75 Å². The molecule has 1 aliphatic rings. The van der Waals surface area contributed by atoms with Crippen molar-refractivity contribution < 1.29 is 9.53 Å². The van der Waals surface area contributed by atoms with Crippen LogP contribution in [0.1, 0.15) is 29.4 Å². The molecular weight excluding hydrogens is 364 g/mol. The second-order valence-corrected chi connectivity index (χ2v) is 7.28. The first kappa shape index (κ1) is 19.1. The predicted molar refractivity (Wildman–Crippen MR) is 111 cm³/mol. The van der Waals surface area contributed by atoms with E-state index in [0.29, 0.717) is 13.0 Å². The topological polar surface area (TPSA) is 68.2 Å². The SMILES string of the molecule is COc1cccc(CC(=O)N2CC[C@H](c3nc(C)ncc3-c3ccccn3)C2)c1. The average Bonchev–Trinajstić information content (AvgIpc) is 3.25. The molecule has 1 atom stereocenters. The molecule has 0 unspecified atom stereocenters. The van der Waals surface area contributed by atoms with Crippen molar-refractivity contribution in [1.82, 2.24) is 19.9 Å². The van der Waals surface area contributed by atoms with Gasteiger partial charge >= 0.3 is 0 Å². The lowest BCUT2D eigenvalue weighted by molar-refractivity contribution is -0.129. The zero-order valence-electron chi connectivity index (χ0n) is 16.7. The van der Waals surface area contributed by atoms with E-state index in [1.165, 1.54) is 0 Å². The first-order valence-corrected chi connectivity index (χ1v) is 9.79. The van der Waals surface area contributed by atoms with Gasteiger partial charge < -0.3 is 9.64 Å². The summed E-state index contributed by atoms with van der Waals surface area (Å²) in [6.45, 7) is 3.30. The summed E-state index contributed by atoms with van der Waals surface area (Å²) in [5, 5.41) is 0. The van der Waals surface area contributed by atoms with E-state index in [0.717, 1.165) is 47.1 Å². The number of benzene rings is 1. The molecule has 0 spiro atoms. The smallest absolute Gasteiger partial charge is 0.227 e. The molecule has 1 fully saturated rings. The van der Waals surface area contributed by atoms with Crippen LogP contribution in [0, 0.1) is 6.92 Å². The van der Waals surface area contributed by atoms with E-state index in [9.17, 15) is 4.79 Å². The van der Waals surface area contributed by atoms with Gasteiger partial charge in [0, 0.05) is 37.0 Å². The van der Waals surface area contributed by atoms with Crippen LogP contribution in [0.25, 0.3) is 11.3 Å². The molecule has 2 aromatic heterocycles. The highest BCUT2D eigenvalue weighted by atomic mass is 16.5. The molecule has 1 aliphatic heterocycles. The van der Waals surface area contributed by atoms with E-state index in [2.05, 4.69) is 9.97 Å². The lowest BCUT2D eigenvalue weighted by Gasteiger charge is -2.18. The second kappa shape index (κ2) is 8.39. The number of carbonyl (C=O) groups is 1. The van der Waals surface area contributed by atoms with Crippen LogP contribution in [0.4, 0.5) is 0 Å². The number of likely N-dealkylation sites (tertiary alicyclic amines) is 1. The summed E-state index contributed by atoms with van der Waals surface area (Å²) in [5.74, 6) is 1.82. The number of hydrogen-bond acceptors (Lipinski definition) is 5. The molecule has 148 valence electrons. The molecule has 1 amide bonds. The number of nitrogens with zero attached hydrogens (tertiary/aromatic N) is 4. The second-order valence-electron chi connectivity index (χ2n) is 7.28. The van der Waals surface area contributed by atoms with Crippen molar-refractivity contribution in [3.63, 3.8) is 0 Å². The van der Waals surface area contributed by atoms with Crippen LogP contribution >= 0.6 is 0 Å². The first-order chi connectivity index (χ1) is 14.1. The van der Waals surface area contributed by atoms with Gasteiger partial charge in [0.25, 0.3) is 0 Å². The number of hydrogen-bond donors (Lipinski definition) is 0. The maximum absolute atomic E-state index is 12.9. The summed E-state index contributed by atoms with van der Waals surface area (Å²) in [4.78, 5) is 28.3. The first-order valence-electron chi connectivity index (χ1n) is 9.79. The summed E-state index contributed by atoms with van der Waals surface area (Å²) in [6, 6.07) is 13.5. The number of amides is 1. The number of carbonyl (C=O) groups excluding carboxylic acids is 1. The maximum Gasteiger partial charge on any atom is 0.227 e. The van der Waals surface area contributed by atoms with Crippen molar-refractivity contribution in [2.24, 2.45) is 0 Å². The van der Waals surface area contributed by atoms with Gasteiger partial charge in [0.1, 0.15) is 11.6 Å². The molecule has 29 heavy (non-hydrogen) atoms. The molecule has 0 aliphatic carbocycles. The monoisotopic (exact) mass is 388 g/mol. The van der Waals surface area contributed by atoms with Crippen LogP contribution in [-0.4, -0.2) is 46.0 Å². The summed E-state index contributed by atoms with van der Waals surface area (Å²) < 4.78 is 5.26. The van der Waals surface area contributed by atoms with Crippen LogP contribution < -0.4 is 4.74 Å². The summed E-state index contributed by atoms with van der Waals surface area (Å²) >= 11 is 0. The van der Waals surface area contributed by atoms with Gasteiger partial charge in [-0.3, -0.25) is 9.78 Å². The molecule has 3 heterocycles. The Bertz CT molecular complexity index is 1010. The third-order valence-electron chi connectivity index (χ3n) is 5.30. The standard InChI is InChI=1S/C23H24N4O2/c1-16-25-14-20(21-8-3-4-10-24-21)23(26-16)18-9-11-27(15-18)22(28)13-17-6-5-7-19(12-17)29-2/h3-8,10,12,14,18H,9,11,13,15H2,1-2H3/t18-/m0/s1. The van der Waals surface area contributed by atoms with Gasteiger partial charge in [-0.15, -0.1) is 0 Å². The van der Waals surface area contributed by atoms with Gasteiger partial charge in [-0.1, -0.05) is 18.2 Å². The minimum atomic E-state index is 0.130. The van der Waals surface area contributed by atoms with Crippen molar-refractivity contribution in [2.45, 2.75) is 25.7 Å². The van der Waals surface area contributed by atoms with E-state index in [1.807, 2.05) is 60.5 Å². The Morgan fingerprint density at radius 3 is 2.90 bits per heavy atom. The number of ether oxygens (including phenoxy) is 1. The van der Waals surface area contributed by atoms with Gasteiger partial charge in [-0.2, -0.15) is 0 Å². The quantitative estimate of drug-likeness (QED) is 0.670. The number of aryl methyl sites for hydroxylation is 1. The Morgan fingerprint density at radius 2 is 2.10 bits per heavy atom. The van der Waals surface area contributed by atoms with Crippen LogP contribution in [0.15, 0.2) is 54.9 Å². The summed E-state index contributed by atoms with van der Waals surface area (Å²) in [5.41, 5.74) is 3.75. The summed E-state index contributed by atoms with van der Waals surface area (Å²) in [7, 11) is 1.63.